The van der Waals surface area contributed by atoms with E-state index in [0.717, 1.165) is 30.7 Å². The van der Waals surface area contributed by atoms with Gasteiger partial charge in [-0.2, -0.15) is 0 Å². The van der Waals surface area contributed by atoms with Gasteiger partial charge in [-0.15, -0.1) is 12.3 Å². The summed E-state index contributed by atoms with van der Waals surface area (Å²) in [6.45, 7) is 8.22. The van der Waals surface area contributed by atoms with E-state index in [0.29, 0.717) is 5.41 Å². The molecule has 0 aliphatic heterocycles. The molecule has 0 aromatic heterocycles. The highest BCUT2D eigenvalue weighted by Gasteiger charge is 2.34. The first-order valence-corrected chi connectivity index (χ1v) is 6.57. The van der Waals surface area contributed by atoms with Gasteiger partial charge in [-0.1, -0.05) is 20.8 Å². The molecule has 1 fully saturated rings. The lowest BCUT2D eigenvalue weighted by Crippen LogP contribution is -2.35. The second-order valence-electron chi connectivity index (χ2n) is 6.36. The molecule has 92 valence electrons. The summed E-state index contributed by atoms with van der Waals surface area (Å²) < 4.78 is 0. The Morgan fingerprint density at radius 2 is 1.94 bits per heavy atom. The van der Waals surface area contributed by atoms with E-state index in [1.54, 1.807) is 0 Å². The van der Waals surface area contributed by atoms with Crippen molar-refractivity contribution in [3.63, 3.8) is 0 Å². The number of hydrogen-bond acceptors (Lipinski definition) is 1. The van der Waals surface area contributed by atoms with Crippen molar-refractivity contribution in [3.8, 4) is 12.3 Å². The predicted octanol–water partition coefficient (Wildman–Crippen LogP) is 3.31. The first-order chi connectivity index (χ1) is 7.49. The Kier molecular flexibility index (Phi) is 4.87. The van der Waals surface area contributed by atoms with Crippen LogP contribution in [0, 0.1) is 35.5 Å². The van der Waals surface area contributed by atoms with E-state index >= 15 is 0 Å². The molecular weight excluding hydrogens is 194 g/mol. The van der Waals surface area contributed by atoms with Crippen molar-refractivity contribution in [1.29, 1.82) is 0 Å². The molecule has 1 aliphatic carbocycles. The van der Waals surface area contributed by atoms with Crippen LogP contribution in [0.15, 0.2) is 0 Å². The van der Waals surface area contributed by atoms with Crippen molar-refractivity contribution < 1.29 is 0 Å². The molecule has 1 aliphatic rings. The molecule has 3 atom stereocenters. The molecule has 16 heavy (non-hydrogen) atoms. The zero-order chi connectivity index (χ0) is 12.2. The minimum atomic E-state index is 0.442. The van der Waals surface area contributed by atoms with E-state index in [4.69, 9.17) is 6.42 Å². The minimum Gasteiger partial charge on any atom is -0.319 e. The lowest BCUT2D eigenvalue weighted by Gasteiger charge is -2.41. The number of hydrogen-bond donors (Lipinski definition) is 1. The third-order valence-corrected chi connectivity index (χ3v) is 4.21. The molecule has 0 aromatic carbocycles. The molecule has 0 aromatic rings. The topological polar surface area (TPSA) is 12.0 Å². The van der Waals surface area contributed by atoms with Crippen molar-refractivity contribution in [1.82, 2.24) is 5.32 Å². The first-order valence-electron chi connectivity index (χ1n) is 6.57. The van der Waals surface area contributed by atoms with E-state index in [2.05, 4.69) is 32.0 Å². The van der Waals surface area contributed by atoms with E-state index in [1.807, 2.05) is 7.05 Å². The van der Waals surface area contributed by atoms with Gasteiger partial charge in [-0.25, -0.2) is 0 Å². The largest absolute Gasteiger partial charge is 0.319 e. The summed E-state index contributed by atoms with van der Waals surface area (Å²) >= 11 is 0. The Morgan fingerprint density at radius 1 is 1.25 bits per heavy atom. The van der Waals surface area contributed by atoms with Crippen LogP contribution in [0.3, 0.4) is 0 Å². The molecule has 0 bridgehead atoms. The Hall–Kier alpha value is -0.480. The summed E-state index contributed by atoms with van der Waals surface area (Å²) in [5.74, 6) is 5.24. The van der Waals surface area contributed by atoms with Crippen LogP contribution in [0.4, 0.5) is 0 Å². The molecule has 1 nitrogen and oxygen atoms in total. The normalized spacial score (nSPS) is 31.1. The van der Waals surface area contributed by atoms with Crippen molar-refractivity contribution in [3.05, 3.63) is 0 Å². The molecule has 0 amide bonds. The fraction of sp³-hybridized carbons (Fsp3) is 0.867. The highest BCUT2D eigenvalue weighted by Crippen LogP contribution is 2.43. The Bertz CT molecular complexity index is 243. The van der Waals surface area contributed by atoms with Crippen molar-refractivity contribution >= 4 is 0 Å². The van der Waals surface area contributed by atoms with Gasteiger partial charge in [0.2, 0.25) is 0 Å². The third-order valence-electron chi connectivity index (χ3n) is 4.21. The molecule has 0 heterocycles. The number of rotatable bonds is 3. The maximum atomic E-state index is 5.50. The fourth-order valence-corrected chi connectivity index (χ4v) is 3.05. The zero-order valence-electron chi connectivity index (χ0n) is 11.3. The van der Waals surface area contributed by atoms with Gasteiger partial charge in [0, 0.05) is 6.42 Å². The standard InChI is InChI=1S/C15H27N/c1-6-7-12-10-14(15(2,3)4)9-8-13(12)11-16-5/h1,12-14,16H,7-11H2,2-5H3. The molecule has 0 saturated heterocycles. The van der Waals surface area contributed by atoms with Crippen LogP contribution < -0.4 is 5.32 Å². The monoisotopic (exact) mass is 221 g/mol. The van der Waals surface area contributed by atoms with Crippen LogP contribution in [0.1, 0.15) is 46.5 Å². The summed E-state index contributed by atoms with van der Waals surface area (Å²) in [5, 5.41) is 3.31. The van der Waals surface area contributed by atoms with Crippen LogP contribution in [0.5, 0.6) is 0 Å². The van der Waals surface area contributed by atoms with E-state index in [-0.39, 0.29) is 0 Å². The summed E-state index contributed by atoms with van der Waals surface area (Å²) in [5.41, 5.74) is 0.442. The van der Waals surface area contributed by atoms with Gasteiger partial charge in [0.25, 0.3) is 0 Å². The average molecular weight is 221 g/mol. The highest BCUT2D eigenvalue weighted by atomic mass is 14.8. The number of terminal acetylenes is 1. The SMILES string of the molecule is C#CCC1CC(C(C)(C)C)CCC1CNC. The van der Waals surface area contributed by atoms with Crippen LogP contribution in [0.2, 0.25) is 0 Å². The smallest absolute Gasteiger partial charge is 0.0118 e. The average Bonchev–Trinajstić information content (AvgIpc) is 2.19. The molecule has 0 spiro atoms. The van der Waals surface area contributed by atoms with E-state index in [9.17, 15) is 0 Å². The van der Waals surface area contributed by atoms with E-state index < -0.39 is 0 Å². The highest BCUT2D eigenvalue weighted by molar-refractivity contribution is 4.94. The van der Waals surface area contributed by atoms with Gasteiger partial charge in [0.1, 0.15) is 0 Å². The zero-order valence-corrected chi connectivity index (χ0v) is 11.3. The summed E-state index contributed by atoms with van der Waals surface area (Å²) in [4.78, 5) is 0. The summed E-state index contributed by atoms with van der Waals surface area (Å²) in [7, 11) is 2.04. The Morgan fingerprint density at radius 3 is 2.44 bits per heavy atom. The summed E-state index contributed by atoms with van der Waals surface area (Å²) in [6.07, 6.45) is 10.5. The van der Waals surface area contributed by atoms with Gasteiger partial charge < -0.3 is 5.32 Å². The number of nitrogens with one attached hydrogen (secondary N) is 1. The van der Waals surface area contributed by atoms with Crippen LogP contribution in [-0.2, 0) is 0 Å². The molecular formula is C15H27N. The molecule has 0 radical (unpaired) electrons. The Balaban J connectivity index is 2.61. The van der Waals surface area contributed by atoms with Crippen LogP contribution in [-0.4, -0.2) is 13.6 Å². The third kappa shape index (κ3) is 3.52. The fourth-order valence-electron chi connectivity index (χ4n) is 3.05. The lowest BCUT2D eigenvalue weighted by molar-refractivity contribution is 0.100. The van der Waals surface area contributed by atoms with Gasteiger partial charge >= 0.3 is 0 Å². The van der Waals surface area contributed by atoms with Crippen LogP contribution >= 0.6 is 0 Å². The van der Waals surface area contributed by atoms with E-state index in [1.165, 1.54) is 19.3 Å². The van der Waals surface area contributed by atoms with Crippen molar-refractivity contribution in [2.24, 2.45) is 23.2 Å². The van der Waals surface area contributed by atoms with Crippen molar-refractivity contribution in [2.75, 3.05) is 13.6 Å². The molecule has 3 unspecified atom stereocenters. The second-order valence-corrected chi connectivity index (χ2v) is 6.36. The molecule has 1 N–H and O–H groups in total. The second kappa shape index (κ2) is 5.73. The van der Waals surface area contributed by atoms with Gasteiger partial charge in [-0.3, -0.25) is 0 Å². The van der Waals surface area contributed by atoms with Gasteiger partial charge in [0.15, 0.2) is 0 Å². The predicted molar refractivity (Wildman–Crippen MR) is 71.2 cm³/mol. The summed E-state index contributed by atoms with van der Waals surface area (Å²) in [6, 6.07) is 0. The first kappa shape index (κ1) is 13.6. The molecule has 1 saturated carbocycles. The molecule has 1 rings (SSSR count). The van der Waals surface area contributed by atoms with Crippen LogP contribution in [0.25, 0.3) is 0 Å². The Labute approximate surface area is 101 Å². The van der Waals surface area contributed by atoms with Gasteiger partial charge in [-0.05, 0) is 56.0 Å². The van der Waals surface area contributed by atoms with Crippen molar-refractivity contribution in [2.45, 2.75) is 46.5 Å². The maximum Gasteiger partial charge on any atom is 0.0118 e. The lowest BCUT2D eigenvalue weighted by atomic mass is 9.65. The quantitative estimate of drug-likeness (QED) is 0.721. The maximum absolute atomic E-state index is 5.50. The van der Waals surface area contributed by atoms with Gasteiger partial charge in [0.05, 0.1) is 0 Å². The minimum absolute atomic E-state index is 0.442. The molecule has 1 heteroatoms.